The van der Waals surface area contributed by atoms with Gasteiger partial charge in [-0.15, -0.1) is 0 Å². The molecule has 0 bridgehead atoms. The number of rotatable bonds is 8. The molecule has 6 nitrogen and oxygen atoms in total. The van der Waals surface area contributed by atoms with Gasteiger partial charge in [0.1, 0.15) is 12.3 Å². The minimum absolute atomic E-state index is 0.351. The van der Waals surface area contributed by atoms with Crippen LogP contribution in [0.4, 0.5) is 11.4 Å². The fraction of sp³-hybridized carbons (Fsp3) is 0.136. The van der Waals surface area contributed by atoms with E-state index in [1.54, 1.807) is 30.3 Å². The number of ether oxygens (including phenoxy) is 1. The molecule has 0 spiro atoms. The predicted molar refractivity (Wildman–Crippen MR) is 121 cm³/mol. The summed E-state index contributed by atoms with van der Waals surface area (Å²) in [7, 11) is -2.18. The Labute approximate surface area is 180 Å². The third-order valence-corrected chi connectivity index (χ3v) is 6.39. The van der Waals surface area contributed by atoms with Crippen molar-refractivity contribution >= 4 is 39.1 Å². The first kappa shape index (κ1) is 21.7. The van der Waals surface area contributed by atoms with Crippen molar-refractivity contribution in [1.82, 2.24) is 0 Å². The van der Waals surface area contributed by atoms with Crippen LogP contribution in [0.5, 0.6) is 5.75 Å². The fourth-order valence-electron chi connectivity index (χ4n) is 2.76. The largest absolute Gasteiger partial charge is 0.497 e. The number of nitrogens with zero attached hydrogens (tertiary/aromatic N) is 1. The van der Waals surface area contributed by atoms with Crippen LogP contribution in [0, 0.1) is 0 Å². The first-order chi connectivity index (χ1) is 14.4. The van der Waals surface area contributed by atoms with Gasteiger partial charge in [-0.1, -0.05) is 48.2 Å². The van der Waals surface area contributed by atoms with Crippen LogP contribution in [0.15, 0.2) is 88.7 Å². The number of sulfonamides is 1. The molecule has 156 valence electrons. The predicted octanol–water partition coefficient (Wildman–Crippen LogP) is 4.25. The smallest absolute Gasteiger partial charge is 0.245 e. The highest BCUT2D eigenvalue weighted by Gasteiger charge is 2.22. The number of methoxy groups -OCH3 is 1. The molecule has 30 heavy (non-hydrogen) atoms. The zero-order chi connectivity index (χ0) is 21.6. The summed E-state index contributed by atoms with van der Waals surface area (Å²) in [6, 6.07) is 23.8. The molecule has 0 aliphatic rings. The lowest BCUT2D eigenvalue weighted by molar-refractivity contribution is -0.114. The van der Waals surface area contributed by atoms with Gasteiger partial charge in [0.2, 0.25) is 15.9 Å². The van der Waals surface area contributed by atoms with E-state index in [1.165, 1.54) is 18.9 Å². The number of hydrogen-bond donors (Lipinski definition) is 1. The zero-order valence-electron chi connectivity index (χ0n) is 16.6. The molecule has 0 fully saturated rings. The Balaban J connectivity index is 1.80. The van der Waals surface area contributed by atoms with Crippen molar-refractivity contribution in [3.63, 3.8) is 0 Å². The third kappa shape index (κ3) is 5.77. The second kappa shape index (κ2) is 9.69. The third-order valence-electron chi connectivity index (χ3n) is 4.16. The van der Waals surface area contributed by atoms with Gasteiger partial charge in [0.15, 0.2) is 0 Å². The molecule has 1 N–H and O–H groups in total. The van der Waals surface area contributed by atoms with E-state index >= 15 is 0 Å². The molecule has 3 rings (SSSR count). The maximum absolute atomic E-state index is 12.7. The van der Waals surface area contributed by atoms with Gasteiger partial charge in [-0.05, 0) is 36.4 Å². The van der Waals surface area contributed by atoms with Crippen LogP contribution in [0.2, 0.25) is 0 Å². The summed E-state index contributed by atoms with van der Waals surface area (Å²) in [5.74, 6) is 0.0653. The van der Waals surface area contributed by atoms with E-state index in [1.807, 2.05) is 48.5 Å². The second-order valence-electron chi connectivity index (χ2n) is 6.43. The van der Waals surface area contributed by atoms with E-state index in [-0.39, 0.29) is 6.54 Å². The first-order valence-electron chi connectivity index (χ1n) is 9.10. The lowest BCUT2D eigenvalue weighted by atomic mass is 10.3. The highest BCUT2D eigenvalue weighted by Crippen LogP contribution is 2.33. The molecule has 0 atom stereocenters. The Hall–Kier alpha value is -2.97. The van der Waals surface area contributed by atoms with Gasteiger partial charge in [-0.25, -0.2) is 8.42 Å². The molecule has 3 aromatic rings. The minimum Gasteiger partial charge on any atom is -0.497 e. The molecule has 0 aliphatic heterocycles. The van der Waals surface area contributed by atoms with Gasteiger partial charge in [-0.3, -0.25) is 9.10 Å². The molecule has 1 amide bonds. The summed E-state index contributed by atoms with van der Waals surface area (Å²) in [6.45, 7) is -0.351. The lowest BCUT2D eigenvalue weighted by Crippen LogP contribution is -2.37. The van der Waals surface area contributed by atoms with Crippen LogP contribution in [0.25, 0.3) is 0 Å². The van der Waals surface area contributed by atoms with E-state index < -0.39 is 15.9 Å². The molecule has 0 unspecified atom stereocenters. The molecule has 0 radical (unpaired) electrons. The number of benzene rings is 3. The quantitative estimate of drug-likeness (QED) is 0.564. The van der Waals surface area contributed by atoms with Crippen LogP contribution in [0.1, 0.15) is 0 Å². The van der Waals surface area contributed by atoms with Gasteiger partial charge in [0, 0.05) is 15.9 Å². The maximum Gasteiger partial charge on any atom is 0.245 e. The number of carbonyl (C=O) groups excluding carboxylic acids is 1. The van der Waals surface area contributed by atoms with Crippen molar-refractivity contribution in [3.05, 3.63) is 78.9 Å². The molecule has 0 saturated heterocycles. The number of nitrogens with one attached hydrogen (secondary N) is 1. The highest BCUT2D eigenvalue weighted by atomic mass is 32.2. The van der Waals surface area contributed by atoms with Crippen LogP contribution in [-0.2, 0) is 14.8 Å². The van der Waals surface area contributed by atoms with E-state index in [4.69, 9.17) is 4.74 Å². The molecular weight excluding hydrogens is 420 g/mol. The summed E-state index contributed by atoms with van der Waals surface area (Å²) in [5, 5.41) is 2.83. The van der Waals surface area contributed by atoms with Crippen molar-refractivity contribution in [2.75, 3.05) is 29.5 Å². The van der Waals surface area contributed by atoms with Crippen LogP contribution in [0.3, 0.4) is 0 Å². The van der Waals surface area contributed by atoms with Crippen LogP contribution < -0.4 is 14.4 Å². The van der Waals surface area contributed by atoms with E-state index in [0.29, 0.717) is 17.1 Å². The molecule has 0 saturated carbocycles. The lowest BCUT2D eigenvalue weighted by Gasteiger charge is -2.22. The van der Waals surface area contributed by atoms with Gasteiger partial charge in [0.05, 0.1) is 24.7 Å². The Morgan fingerprint density at radius 3 is 2.40 bits per heavy atom. The molecular formula is C22H22N2O4S2. The van der Waals surface area contributed by atoms with Gasteiger partial charge < -0.3 is 10.1 Å². The Morgan fingerprint density at radius 1 is 1.00 bits per heavy atom. The molecule has 3 aromatic carbocycles. The van der Waals surface area contributed by atoms with Gasteiger partial charge in [0.25, 0.3) is 0 Å². The molecule has 0 heterocycles. The number of anilines is 2. The Kier molecular flexibility index (Phi) is 7.02. The average Bonchev–Trinajstić information content (AvgIpc) is 2.73. The normalized spacial score (nSPS) is 11.0. The Bertz CT molecular complexity index is 1120. The maximum atomic E-state index is 12.7. The van der Waals surface area contributed by atoms with Gasteiger partial charge >= 0.3 is 0 Å². The van der Waals surface area contributed by atoms with E-state index in [0.717, 1.165) is 20.4 Å². The number of amides is 1. The van der Waals surface area contributed by atoms with E-state index in [9.17, 15) is 13.2 Å². The van der Waals surface area contributed by atoms with Crippen molar-refractivity contribution in [3.8, 4) is 5.75 Å². The summed E-state index contributed by atoms with van der Waals surface area (Å²) in [6.07, 6.45) is 1.07. The Morgan fingerprint density at radius 2 is 1.70 bits per heavy atom. The topological polar surface area (TPSA) is 75.7 Å². The van der Waals surface area contributed by atoms with Gasteiger partial charge in [-0.2, -0.15) is 0 Å². The van der Waals surface area contributed by atoms with Crippen molar-refractivity contribution in [1.29, 1.82) is 0 Å². The summed E-state index contributed by atoms with van der Waals surface area (Å²) in [4.78, 5) is 14.6. The zero-order valence-corrected chi connectivity index (χ0v) is 18.2. The fourth-order valence-corrected chi connectivity index (χ4v) is 4.53. The number of carbonyl (C=O) groups is 1. The standard InChI is InChI=1S/C22H22N2O4S2/c1-28-18-10-8-9-17(15-18)24(30(2,26)27)16-22(25)23-20-13-6-7-14-21(20)29-19-11-4-3-5-12-19/h3-15H,16H2,1-2H3,(H,23,25). The first-order valence-corrected chi connectivity index (χ1v) is 11.8. The average molecular weight is 443 g/mol. The molecule has 0 aliphatic carbocycles. The van der Waals surface area contributed by atoms with Crippen LogP contribution in [-0.4, -0.2) is 34.2 Å². The molecule has 0 aromatic heterocycles. The van der Waals surface area contributed by atoms with Crippen molar-refractivity contribution in [2.24, 2.45) is 0 Å². The number of hydrogen-bond acceptors (Lipinski definition) is 5. The summed E-state index contributed by atoms with van der Waals surface area (Å²) >= 11 is 1.52. The monoisotopic (exact) mass is 442 g/mol. The van der Waals surface area contributed by atoms with E-state index in [2.05, 4.69) is 5.32 Å². The van der Waals surface area contributed by atoms with Crippen molar-refractivity contribution in [2.45, 2.75) is 9.79 Å². The summed E-state index contributed by atoms with van der Waals surface area (Å²) in [5.41, 5.74) is 0.981. The molecule has 8 heteroatoms. The SMILES string of the molecule is COc1cccc(N(CC(=O)Nc2ccccc2Sc2ccccc2)S(C)(=O)=O)c1. The minimum atomic E-state index is -3.68. The van der Waals surface area contributed by atoms with Crippen molar-refractivity contribution < 1.29 is 17.9 Å². The summed E-state index contributed by atoms with van der Waals surface area (Å²) < 4.78 is 30.9. The number of para-hydroxylation sites is 1. The highest BCUT2D eigenvalue weighted by molar-refractivity contribution is 7.99. The van der Waals surface area contributed by atoms with Crippen LogP contribution >= 0.6 is 11.8 Å². The second-order valence-corrected chi connectivity index (χ2v) is 9.45.